The number of hydrogen-bond donors (Lipinski definition) is 3. The lowest BCUT2D eigenvalue weighted by atomic mass is 9.81. The highest BCUT2D eigenvalue weighted by molar-refractivity contribution is 5.89. The van der Waals surface area contributed by atoms with E-state index in [1.807, 2.05) is 47.1 Å². The van der Waals surface area contributed by atoms with Crippen LogP contribution in [0, 0.1) is 0 Å². The van der Waals surface area contributed by atoms with Gasteiger partial charge in [0.2, 0.25) is 0 Å². The standard InChI is InChI=1S/C19H22N4O.C4H4O4/c1-22-13-11-19(24,12-14-22)18(15-7-3-2-4-8-15)23-17-10-6-5-9-16(17)20-21-23;5-3(6)1-2-4(7)8/h2-10,18,24H,11-14H2,1H3;1-2H,(H,5,6)(H,7,8)/b;2-1+. The molecule has 9 heteroatoms. The van der Waals surface area contributed by atoms with Gasteiger partial charge in [0, 0.05) is 25.2 Å². The SMILES string of the molecule is CN1CCC(O)(C(c2ccccc2)n2nnc3ccccc32)CC1.O=C(O)/C=C/C(=O)O. The van der Waals surface area contributed by atoms with Crippen LogP contribution in [0.2, 0.25) is 0 Å². The van der Waals surface area contributed by atoms with Crippen molar-refractivity contribution in [3.8, 4) is 0 Å². The molecule has 1 aliphatic rings. The Labute approximate surface area is 185 Å². The number of para-hydroxylation sites is 1. The number of aliphatic hydroxyl groups is 1. The number of hydrogen-bond acceptors (Lipinski definition) is 6. The molecule has 1 aromatic heterocycles. The number of aromatic nitrogens is 3. The van der Waals surface area contributed by atoms with Crippen molar-refractivity contribution in [2.45, 2.75) is 24.5 Å². The van der Waals surface area contributed by atoms with Crippen LogP contribution in [-0.4, -0.2) is 72.9 Å². The van der Waals surface area contributed by atoms with Crippen molar-refractivity contribution < 1.29 is 24.9 Å². The second-order valence-corrected chi connectivity index (χ2v) is 7.75. The zero-order valence-electron chi connectivity index (χ0n) is 17.7. The van der Waals surface area contributed by atoms with Gasteiger partial charge in [0.25, 0.3) is 0 Å². The molecular weight excluding hydrogens is 412 g/mol. The molecule has 2 heterocycles. The summed E-state index contributed by atoms with van der Waals surface area (Å²) in [5.74, 6) is -2.51. The Morgan fingerprint density at radius 1 is 0.969 bits per heavy atom. The van der Waals surface area contributed by atoms with E-state index in [4.69, 9.17) is 10.2 Å². The minimum absolute atomic E-state index is 0.236. The highest BCUT2D eigenvalue weighted by Crippen LogP contribution is 2.38. The van der Waals surface area contributed by atoms with E-state index in [0.717, 1.165) is 42.5 Å². The van der Waals surface area contributed by atoms with Crippen molar-refractivity contribution >= 4 is 23.0 Å². The van der Waals surface area contributed by atoms with Crippen LogP contribution in [0.5, 0.6) is 0 Å². The number of carbonyl (C=O) groups is 2. The van der Waals surface area contributed by atoms with Crippen LogP contribution in [0.25, 0.3) is 11.0 Å². The van der Waals surface area contributed by atoms with Crippen LogP contribution < -0.4 is 0 Å². The summed E-state index contributed by atoms with van der Waals surface area (Å²) >= 11 is 0. The molecule has 1 saturated heterocycles. The van der Waals surface area contributed by atoms with Crippen molar-refractivity contribution in [1.29, 1.82) is 0 Å². The second-order valence-electron chi connectivity index (χ2n) is 7.75. The molecule has 9 nitrogen and oxygen atoms in total. The summed E-state index contributed by atoms with van der Waals surface area (Å²) in [6, 6.07) is 17.8. The first kappa shape index (κ1) is 23.1. The topological polar surface area (TPSA) is 129 Å². The Bertz CT molecular complexity index is 1070. The van der Waals surface area contributed by atoms with Crippen LogP contribution in [0.1, 0.15) is 24.4 Å². The number of fused-ring (bicyclic) bond motifs is 1. The van der Waals surface area contributed by atoms with Crippen LogP contribution in [0.15, 0.2) is 66.7 Å². The molecule has 0 spiro atoms. The first-order chi connectivity index (χ1) is 15.3. The maximum Gasteiger partial charge on any atom is 0.328 e. The molecule has 2 aromatic carbocycles. The first-order valence-electron chi connectivity index (χ1n) is 10.2. The van der Waals surface area contributed by atoms with Gasteiger partial charge >= 0.3 is 11.9 Å². The smallest absolute Gasteiger partial charge is 0.328 e. The third-order valence-electron chi connectivity index (χ3n) is 5.47. The van der Waals surface area contributed by atoms with E-state index >= 15 is 0 Å². The molecule has 0 saturated carbocycles. The number of likely N-dealkylation sites (tertiary alicyclic amines) is 1. The van der Waals surface area contributed by atoms with Crippen LogP contribution in [-0.2, 0) is 9.59 Å². The molecule has 1 fully saturated rings. The number of rotatable bonds is 5. The summed E-state index contributed by atoms with van der Waals surface area (Å²) in [7, 11) is 2.10. The first-order valence-corrected chi connectivity index (χ1v) is 10.2. The summed E-state index contributed by atoms with van der Waals surface area (Å²) < 4.78 is 1.90. The third-order valence-corrected chi connectivity index (χ3v) is 5.47. The molecule has 3 aromatic rings. The normalized spacial score (nSPS) is 16.9. The van der Waals surface area contributed by atoms with Gasteiger partial charge in [-0.1, -0.05) is 47.7 Å². The zero-order valence-corrected chi connectivity index (χ0v) is 17.7. The minimum atomic E-state index is -1.26. The zero-order chi connectivity index (χ0) is 23.1. The summed E-state index contributed by atoms with van der Waals surface area (Å²) in [6.45, 7) is 1.76. The molecule has 0 amide bonds. The van der Waals surface area contributed by atoms with Gasteiger partial charge in [-0.2, -0.15) is 0 Å². The molecule has 32 heavy (non-hydrogen) atoms. The molecule has 0 radical (unpaired) electrons. The van der Waals surface area contributed by atoms with Crippen molar-refractivity contribution in [1.82, 2.24) is 19.9 Å². The van der Waals surface area contributed by atoms with Gasteiger partial charge in [0.15, 0.2) is 0 Å². The maximum atomic E-state index is 11.5. The molecule has 1 aliphatic heterocycles. The Hall–Kier alpha value is -3.56. The van der Waals surface area contributed by atoms with E-state index in [9.17, 15) is 14.7 Å². The fourth-order valence-electron chi connectivity index (χ4n) is 3.81. The number of carboxylic acid groups (broad SMARTS) is 2. The minimum Gasteiger partial charge on any atom is -0.478 e. The fourth-order valence-corrected chi connectivity index (χ4v) is 3.81. The van der Waals surface area contributed by atoms with Crippen molar-refractivity contribution in [2.75, 3.05) is 20.1 Å². The average Bonchev–Trinajstić information content (AvgIpc) is 3.20. The number of nitrogens with zero attached hydrogens (tertiary/aromatic N) is 4. The molecule has 4 rings (SSSR count). The third kappa shape index (κ3) is 5.57. The summed E-state index contributed by atoms with van der Waals surface area (Å²) in [5.41, 5.74) is 2.05. The number of benzene rings is 2. The Morgan fingerprint density at radius 2 is 1.53 bits per heavy atom. The van der Waals surface area contributed by atoms with Gasteiger partial charge in [-0.25, -0.2) is 14.3 Å². The summed E-state index contributed by atoms with van der Waals surface area (Å²) in [6.07, 6.45) is 2.55. The van der Waals surface area contributed by atoms with E-state index in [2.05, 4.69) is 34.4 Å². The lowest BCUT2D eigenvalue weighted by Gasteiger charge is -2.42. The van der Waals surface area contributed by atoms with E-state index in [-0.39, 0.29) is 6.04 Å². The fraction of sp³-hybridized carbons (Fsp3) is 0.304. The van der Waals surface area contributed by atoms with Gasteiger partial charge < -0.3 is 20.2 Å². The van der Waals surface area contributed by atoms with Crippen molar-refractivity contribution in [3.63, 3.8) is 0 Å². The lowest BCUT2D eigenvalue weighted by molar-refractivity contribution is -0.134. The van der Waals surface area contributed by atoms with Gasteiger partial charge in [-0.05, 0) is 37.6 Å². The van der Waals surface area contributed by atoms with Crippen LogP contribution >= 0.6 is 0 Å². The van der Waals surface area contributed by atoms with Gasteiger partial charge in [-0.3, -0.25) is 0 Å². The Balaban J connectivity index is 0.000000312. The molecule has 1 atom stereocenters. The van der Waals surface area contributed by atoms with Crippen molar-refractivity contribution in [3.05, 3.63) is 72.3 Å². The predicted octanol–water partition coefficient (Wildman–Crippen LogP) is 2.19. The number of aliphatic carboxylic acids is 2. The average molecular weight is 438 g/mol. The van der Waals surface area contributed by atoms with E-state index in [1.54, 1.807) is 0 Å². The second kappa shape index (κ2) is 10.2. The molecule has 1 unspecified atom stereocenters. The lowest BCUT2D eigenvalue weighted by Crippen LogP contribution is -2.49. The largest absolute Gasteiger partial charge is 0.478 e. The summed E-state index contributed by atoms with van der Waals surface area (Å²) in [4.78, 5) is 21.4. The quantitative estimate of drug-likeness (QED) is 0.517. The number of piperidine rings is 1. The highest BCUT2D eigenvalue weighted by atomic mass is 16.4. The monoisotopic (exact) mass is 438 g/mol. The molecule has 0 aliphatic carbocycles. The van der Waals surface area contributed by atoms with Gasteiger partial charge in [0.1, 0.15) is 11.6 Å². The van der Waals surface area contributed by atoms with Crippen LogP contribution in [0.4, 0.5) is 0 Å². The van der Waals surface area contributed by atoms with Crippen molar-refractivity contribution in [2.24, 2.45) is 0 Å². The van der Waals surface area contributed by atoms with E-state index in [0.29, 0.717) is 12.2 Å². The van der Waals surface area contributed by atoms with Crippen LogP contribution in [0.3, 0.4) is 0 Å². The van der Waals surface area contributed by atoms with E-state index < -0.39 is 17.5 Å². The molecular formula is C23H26N4O5. The van der Waals surface area contributed by atoms with E-state index in [1.165, 1.54) is 0 Å². The highest BCUT2D eigenvalue weighted by Gasteiger charge is 2.42. The predicted molar refractivity (Wildman–Crippen MR) is 118 cm³/mol. The molecule has 168 valence electrons. The molecule has 3 N–H and O–H groups in total. The van der Waals surface area contributed by atoms with Gasteiger partial charge in [0.05, 0.1) is 11.1 Å². The maximum absolute atomic E-state index is 11.5. The Morgan fingerprint density at radius 3 is 2.12 bits per heavy atom. The summed E-state index contributed by atoms with van der Waals surface area (Å²) in [5, 5.41) is 35.8. The Kier molecular flexibility index (Phi) is 7.34. The number of carboxylic acids is 2. The molecule has 0 bridgehead atoms. The van der Waals surface area contributed by atoms with Gasteiger partial charge in [-0.15, -0.1) is 5.10 Å².